The van der Waals surface area contributed by atoms with E-state index >= 15 is 0 Å². The van der Waals surface area contributed by atoms with E-state index in [1.807, 2.05) is 6.92 Å². The number of amides is 1. The van der Waals surface area contributed by atoms with E-state index < -0.39 is 15.6 Å². The van der Waals surface area contributed by atoms with Crippen molar-refractivity contribution in [1.82, 2.24) is 10.0 Å². The first kappa shape index (κ1) is 18.6. The van der Waals surface area contributed by atoms with Crippen molar-refractivity contribution < 1.29 is 13.2 Å². The molecule has 0 fully saturated rings. The number of hydrogen-bond donors (Lipinski definition) is 3. The molecule has 0 aliphatic rings. The summed E-state index contributed by atoms with van der Waals surface area (Å²) >= 11 is 0. The molecule has 0 aliphatic heterocycles. The fourth-order valence-electron chi connectivity index (χ4n) is 2.34. The van der Waals surface area contributed by atoms with Crippen molar-refractivity contribution in [2.24, 2.45) is 11.7 Å². The van der Waals surface area contributed by atoms with E-state index in [0.717, 1.165) is 6.42 Å². The van der Waals surface area contributed by atoms with Gasteiger partial charge >= 0.3 is 0 Å². The summed E-state index contributed by atoms with van der Waals surface area (Å²) in [5.41, 5.74) is 5.69. The number of benzene rings is 1. The summed E-state index contributed by atoms with van der Waals surface area (Å²) in [6, 6.07) is 5.80. The first-order valence-corrected chi connectivity index (χ1v) is 8.68. The van der Waals surface area contributed by atoms with Crippen molar-refractivity contribution in [2.75, 3.05) is 13.6 Å². The SMILES string of the molecule is CNS(=O)(=O)c1ccc(C(=O)NC(C)(CN)CC(C)C)cc1. The maximum Gasteiger partial charge on any atom is 0.251 e. The van der Waals surface area contributed by atoms with Gasteiger partial charge in [-0.2, -0.15) is 0 Å². The third-order valence-electron chi connectivity index (χ3n) is 3.42. The zero-order valence-electron chi connectivity index (χ0n) is 13.5. The predicted molar refractivity (Wildman–Crippen MR) is 87.1 cm³/mol. The van der Waals surface area contributed by atoms with E-state index in [1.54, 1.807) is 0 Å². The molecule has 1 unspecified atom stereocenters. The van der Waals surface area contributed by atoms with Gasteiger partial charge < -0.3 is 11.1 Å². The summed E-state index contributed by atoms with van der Waals surface area (Å²) in [7, 11) is -2.16. The first-order chi connectivity index (χ1) is 10.1. The molecule has 7 heteroatoms. The molecule has 22 heavy (non-hydrogen) atoms. The molecule has 1 atom stereocenters. The Morgan fingerprint density at radius 1 is 1.27 bits per heavy atom. The first-order valence-electron chi connectivity index (χ1n) is 7.20. The van der Waals surface area contributed by atoms with E-state index in [2.05, 4.69) is 23.9 Å². The molecule has 1 rings (SSSR count). The second kappa shape index (κ2) is 7.21. The van der Waals surface area contributed by atoms with E-state index in [0.29, 0.717) is 18.0 Å². The average molecular weight is 327 g/mol. The van der Waals surface area contributed by atoms with Gasteiger partial charge in [0.25, 0.3) is 5.91 Å². The van der Waals surface area contributed by atoms with Crippen LogP contribution in [0.1, 0.15) is 37.6 Å². The number of hydrogen-bond acceptors (Lipinski definition) is 4. The number of nitrogens with two attached hydrogens (primary N) is 1. The fraction of sp³-hybridized carbons (Fsp3) is 0.533. The zero-order chi connectivity index (χ0) is 17.0. The van der Waals surface area contributed by atoms with Crippen LogP contribution in [0.25, 0.3) is 0 Å². The zero-order valence-corrected chi connectivity index (χ0v) is 14.3. The number of sulfonamides is 1. The van der Waals surface area contributed by atoms with Crippen molar-refractivity contribution >= 4 is 15.9 Å². The average Bonchev–Trinajstić information content (AvgIpc) is 2.46. The van der Waals surface area contributed by atoms with Crippen molar-refractivity contribution in [3.05, 3.63) is 29.8 Å². The van der Waals surface area contributed by atoms with Gasteiger partial charge in [-0.15, -0.1) is 0 Å². The minimum absolute atomic E-state index is 0.121. The van der Waals surface area contributed by atoms with Gasteiger partial charge in [0, 0.05) is 17.6 Å². The van der Waals surface area contributed by atoms with Gasteiger partial charge in [-0.1, -0.05) is 13.8 Å². The Hall–Kier alpha value is -1.44. The molecule has 0 aliphatic carbocycles. The highest BCUT2D eigenvalue weighted by atomic mass is 32.2. The van der Waals surface area contributed by atoms with Crippen molar-refractivity contribution in [3.63, 3.8) is 0 Å². The molecule has 124 valence electrons. The maximum absolute atomic E-state index is 12.3. The molecule has 0 saturated heterocycles. The normalized spacial score (nSPS) is 14.6. The second-order valence-corrected chi connectivity index (χ2v) is 7.94. The minimum Gasteiger partial charge on any atom is -0.346 e. The fourth-order valence-corrected chi connectivity index (χ4v) is 3.07. The van der Waals surface area contributed by atoms with Crippen LogP contribution in [0.3, 0.4) is 0 Å². The Morgan fingerprint density at radius 2 is 1.82 bits per heavy atom. The number of carbonyl (C=O) groups is 1. The van der Waals surface area contributed by atoms with Crippen LogP contribution in [-0.4, -0.2) is 33.5 Å². The Morgan fingerprint density at radius 3 is 2.23 bits per heavy atom. The standard InChI is InChI=1S/C15H25N3O3S/c1-11(2)9-15(3,10-16)18-14(19)12-5-7-13(8-6-12)22(20,21)17-4/h5-8,11,17H,9-10,16H2,1-4H3,(H,18,19). The Kier molecular flexibility index (Phi) is 6.10. The van der Waals surface area contributed by atoms with Gasteiger partial charge in [-0.3, -0.25) is 4.79 Å². The van der Waals surface area contributed by atoms with Crippen LogP contribution in [0.5, 0.6) is 0 Å². The molecule has 6 nitrogen and oxygen atoms in total. The summed E-state index contributed by atoms with van der Waals surface area (Å²) in [4.78, 5) is 12.4. The quantitative estimate of drug-likeness (QED) is 0.697. The lowest BCUT2D eigenvalue weighted by Crippen LogP contribution is -2.52. The second-order valence-electron chi connectivity index (χ2n) is 6.05. The van der Waals surface area contributed by atoms with Crippen LogP contribution in [0.2, 0.25) is 0 Å². The van der Waals surface area contributed by atoms with Crippen LogP contribution < -0.4 is 15.8 Å². The molecule has 1 aromatic carbocycles. The Bertz CT molecular complexity index is 611. The van der Waals surface area contributed by atoms with Gasteiger partial charge in [0.05, 0.1) is 4.90 Å². The summed E-state index contributed by atoms with van der Waals surface area (Å²) in [5, 5.41) is 2.93. The maximum atomic E-state index is 12.3. The van der Waals surface area contributed by atoms with E-state index in [1.165, 1.54) is 31.3 Å². The van der Waals surface area contributed by atoms with Crippen LogP contribution in [-0.2, 0) is 10.0 Å². The number of rotatable bonds is 7. The van der Waals surface area contributed by atoms with Crippen LogP contribution in [0, 0.1) is 5.92 Å². The molecular weight excluding hydrogens is 302 g/mol. The molecule has 0 spiro atoms. The molecule has 0 saturated carbocycles. The number of carbonyl (C=O) groups excluding carboxylic acids is 1. The third-order valence-corrected chi connectivity index (χ3v) is 4.85. The van der Waals surface area contributed by atoms with Gasteiger partial charge in [0.1, 0.15) is 0 Å². The summed E-state index contributed by atoms with van der Waals surface area (Å²) in [6.07, 6.45) is 0.765. The van der Waals surface area contributed by atoms with Gasteiger partial charge in [-0.05, 0) is 50.6 Å². The monoisotopic (exact) mass is 327 g/mol. The molecule has 0 radical (unpaired) electrons. The Balaban J connectivity index is 2.90. The van der Waals surface area contributed by atoms with Crippen LogP contribution in [0.4, 0.5) is 0 Å². The topological polar surface area (TPSA) is 101 Å². The number of nitrogens with one attached hydrogen (secondary N) is 2. The lowest BCUT2D eigenvalue weighted by Gasteiger charge is -2.31. The molecule has 0 bridgehead atoms. The molecule has 4 N–H and O–H groups in total. The summed E-state index contributed by atoms with van der Waals surface area (Å²) in [6.45, 7) is 6.38. The lowest BCUT2D eigenvalue weighted by atomic mass is 9.90. The molecule has 1 aromatic rings. The Labute approximate surface area is 132 Å². The summed E-state index contributed by atoms with van der Waals surface area (Å²) < 4.78 is 25.5. The van der Waals surface area contributed by atoms with Gasteiger partial charge in [0.2, 0.25) is 10.0 Å². The van der Waals surface area contributed by atoms with Gasteiger partial charge in [0.15, 0.2) is 0 Å². The molecule has 1 amide bonds. The van der Waals surface area contributed by atoms with E-state index in [4.69, 9.17) is 5.73 Å². The van der Waals surface area contributed by atoms with Crippen molar-refractivity contribution in [2.45, 2.75) is 37.6 Å². The van der Waals surface area contributed by atoms with Crippen LogP contribution >= 0.6 is 0 Å². The molecule has 0 aromatic heterocycles. The van der Waals surface area contributed by atoms with Gasteiger partial charge in [-0.25, -0.2) is 13.1 Å². The molecular formula is C15H25N3O3S. The summed E-state index contributed by atoms with van der Waals surface area (Å²) in [5.74, 6) is 0.138. The van der Waals surface area contributed by atoms with Crippen LogP contribution in [0.15, 0.2) is 29.2 Å². The molecule has 0 heterocycles. The van der Waals surface area contributed by atoms with E-state index in [9.17, 15) is 13.2 Å². The predicted octanol–water partition coefficient (Wildman–Crippen LogP) is 1.09. The highest BCUT2D eigenvalue weighted by Crippen LogP contribution is 2.17. The third kappa shape index (κ3) is 4.79. The smallest absolute Gasteiger partial charge is 0.251 e. The van der Waals surface area contributed by atoms with E-state index in [-0.39, 0.29) is 10.8 Å². The van der Waals surface area contributed by atoms with Crippen molar-refractivity contribution in [1.29, 1.82) is 0 Å². The lowest BCUT2D eigenvalue weighted by molar-refractivity contribution is 0.0898. The van der Waals surface area contributed by atoms with Crippen molar-refractivity contribution in [3.8, 4) is 0 Å². The highest BCUT2D eigenvalue weighted by molar-refractivity contribution is 7.89. The minimum atomic E-state index is -3.50. The largest absolute Gasteiger partial charge is 0.346 e. The highest BCUT2D eigenvalue weighted by Gasteiger charge is 2.26.